The van der Waals surface area contributed by atoms with Crippen molar-refractivity contribution in [1.82, 2.24) is 0 Å². The van der Waals surface area contributed by atoms with E-state index in [0.29, 0.717) is 10.4 Å². The second-order valence-electron chi connectivity index (χ2n) is 4.27. The molecular weight excluding hydrogens is 364 g/mol. The first kappa shape index (κ1) is 15.2. The van der Waals surface area contributed by atoms with Crippen molar-refractivity contribution >= 4 is 43.1 Å². The summed E-state index contributed by atoms with van der Waals surface area (Å²) in [5.41, 5.74) is 0.550. The molecule has 1 aromatic carbocycles. The van der Waals surface area contributed by atoms with Crippen LogP contribution in [0.4, 0.5) is 0 Å². The maximum absolute atomic E-state index is 12.3. The number of carboxylic acids is 1. The molecule has 106 valence electrons. The lowest BCUT2D eigenvalue weighted by Crippen LogP contribution is -2.07. The Kier molecular flexibility index (Phi) is 4.31. The summed E-state index contributed by atoms with van der Waals surface area (Å²) in [6.45, 7) is 1.64. The van der Waals surface area contributed by atoms with Crippen LogP contribution >= 0.6 is 27.3 Å². The second kappa shape index (κ2) is 5.67. The summed E-state index contributed by atoms with van der Waals surface area (Å²) in [6, 6.07) is 5.92. The number of carboxylic acid groups (broad SMARTS) is 1. The monoisotopic (exact) mass is 374 g/mol. The van der Waals surface area contributed by atoms with Crippen molar-refractivity contribution in [1.29, 1.82) is 0 Å². The first-order chi connectivity index (χ1) is 9.29. The molecule has 0 aliphatic carbocycles. The highest BCUT2D eigenvalue weighted by atomic mass is 79.9. The third kappa shape index (κ3) is 3.28. The summed E-state index contributed by atoms with van der Waals surface area (Å²) in [6.07, 6.45) is 0. The zero-order chi connectivity index (χ0) is 14.9. The van der Waals surface area contributed by atoms with Gasteiger partial charge in [0.2, 0.25) is 0 Å². The van der Waals surface area contributed by atoms with Crippen LogP contribution in [0, 0.1) is 6.92 Å². The van der Waals surface area contributed by atoms with Crippen LogP contribution in [0.1, 0.15) is 20.8 Å². The van der Waals surface area contributed by atoms with Gasteiger partial charge in [-0.2, -0.15) is 0 Å². The number of halogens is 1. The van der Waals surface area contributed by atoms with Crippen LogP contribution in [0.3, 0.4) is 0 Å². The van der Waals surface area contributed by atoms with E-state index in [4.69, 9.17) is 5.11 Å². The average molecular weight is 375 g/mol. The molecule has 2 rings (SSSR count). The van der Waals surface area contributed by atoms with E-state index < -0.39 is 15.8 Å². The van der Waals surface area contributed by atoms with Crippen molar-refractivity contribution in [2.45, 2.75) is 17.6 Å². The number of sulfone groups is 1. The number of thiophene rings is 1. The number of aryl methyl sites for hydroxylation is 1. The second-order valence-corrected chi connectivity index (χ2v) is 8.17. The van der Waals surface area contributed by atoms with Crippen LogP contribution in [0.2, 0.25) is 0 Å². The number of hydrogen-bond acceptors (Lipinski definition) is 4. The van der Waals surface area contributed by atoms with E-state index in [2.05, 4.69) is 15.9 Å². The molecule has 0 bridgehead atoms. The molecule has 20 heavy (non-hydrogen) atoms. The van der Waals surface area contributed by atoms with Gasteiger partial charge in [0.15, 0.2) is 9.84 Å². The molecular formula is C13H11BrO4S2. The minimum atomic E-state index is -3.55. The molecule has 0 atom stereocenters. The zero-order valence-corrected chi connectivity index (χ0v) is 13.7. The summed E-state index contributed by atoms with van der Waals surface area (Å²) < 4.78 is 25.4. The van der Waals surface area contributed by atoms with E-state index in [1.807, 2.05) is 5.38 Å². The van der Waals surface area contributed by atoms with Gasteiger partial charge in [0, 0.05) is 14.7 Å². The van der Waals surface area contributed by atoms with Crippen molar-refractivity contribution in [3.8, 4) is 0 Å². The zero-order valence-electron chi connectivity index (χ0n) is 10.5. The molecule has 1 aromatic heterocycles. The van der Waals surface area contributed by atoms with Gasteiger partial charge in [0.25, 0.3) is 0 Å². The fourth-order valence-corrected chi connectivity index (χ4v) is 4.90. The Balaban J connectivity index is 2.39. The Morgan fingerprint density at radius 2 is 2.05 bits per heavy atom. The molecule has 0 spiro atoms. The number of aromatic carboxylic acids is 1. The summed E-state index contributed by atoms with van der Waals surface area (Å²) >= 11 is 4.62. The first-order valence-electron chi connectivity index (χ1n) is 5.59. The average Bonchev–Trinajstić information content (AvgIpc) is 2.73. The van der Waals surface area contributed by atoms with Crippen LogP contribution in [-0.4, -0.2) is 19.5 Å². The summed E-state index contributed by atoms with van der Waals surface area (Å²) in [7, 11) is -3.55. The van der Waals surface area contributed by atoms with E-state index in [0.717, 1.165) is 4.47 Å². The predicted molar refractivity (Wildman–Crippen MR) is 81.0 cm³/mol. The standard InChI is InChI=1S/C13H11BrO4S2/c1-8-2-3-11(5-12(8)13(15)16)20(17,18)7-10-4-9(14)6-19-10/h2-6H,7H2,1H3,(H,15,16). The highest BCUT2D eigenvalue weighted by Crippen LogP contribution is 2.25. The van der Waals surface area contributed by atoms with E-state index in [1.165, 1.54) is 29.5 Å². The topological polar surface area (TPSA) is 71.4 Å². The maximum Gasteiger partial charge on any atom is 0.335 e. The summed E-state index contributed by atoms with van der Waals surface area (Å²) in [5, 5.41) is 10.9. The Bertz CT molecular complexity index is 762. The van der Waals surface area contributed by atoms with Crippen molar-refractivity contribution in [3.63, 3.8) is 0 Å². The molecule has 0 aliphatic heterocycles. The normalized spacial score (nSPS) is 11.5. The lowest BCUT2D eigenvalue weighted by molar-refractivity contribution is 0.0696. The third-order valence-corrected chi connectivity index (χ3v) is 6.30. The van der Waals surface area contributed by atoms with Gasteiger partial charge >= 0.3 is 5.97 Å². The Labute approximate surface area is 129 Å². The molecule has 7 heteroatoms. The van der Waals surface area contributed by atoms with Crippen molar-refractivity contribution in [3.05, 3.63) is 50.1 Å². The van der Waals surface area contributed by atoms with Crippen LogP contribution < -0.4 is 0 Å². The van der Waals surface area contributed by atoms with Gasteiger partial charge in [-0.3, -0.25) is 0 Å². The smallest absolute Gasteiger partial charge is 0.335 e. The molecule has 1 heterocycles. The van der Waals surface area contributed by atoms with Gasteiger partial charge in [0.1, 0.15) is 0 Å². The van der Waals surface area contributed by atoms with Crippen molar-refractivity contribution in [2.75, 3.05) is 0 Å². The molecule has 0 saturated carbocycles. The molecule has 0 fully saturated rings. The van der Waals surface area contributed by atoms with Gasteiger partial charge in [-0.05, 0) is 46.6 Å². The van der Waals surface area contributed by atoms with Crippen molar-refractivity contribution in [2.24, 2.45) is 0 Å². The van der Waals surface area contributed by atoms with Crippen LogP contribution in [0.15, 0.2) is 39.0 Å². The lowest BCUT2D eigenvalue weighted by atomic mass is 10.1. The van der Waals surface area contributed by atoms with Crippen LogP contribution in [-0.2, 0) is 15.6 Å². The minimum absolute atomic E-state index is 0.0124. The number of hydrogen-bond donors (Lipinski definition) is 1. The quantitative estimate of drug-likeness (QED) is 0.888. The number of rotatable bonds is 4. The fraction of sp³-hybridized carbons (Fsp3) is 0.154. The Morgan fingerprint density at radius 3 is 2.60 bits per heavy atom. The Hall–Kier alpha value is -1.18. The molecule has 0 unspecified atom stereocenters. The molecule has 4 nitrogen and oxygen atoms in total. The lowest BCUT2D eigenvalue weighted by Gasteiger charge is -2.06. The molecule has 0 amide bonds. The number of carbonyl (C=O) groups is 1. The van der Waals surface area contributed by atoms with Gasteiger partial charge in [0.05, 0.1) is 16.2 Å². The summed E-state index contributed by atoms with van der Waals surface area (Å²) in [4.78, 5) is 11.8. The van der Waals surface area contributed by atoms with Gasteiger partial charge in [-0.1, -0.05) is 6.07 Å². The molecule has 1 N–H and O–H groups in total. The van der Waals surface area contributed by atoms with Crippen LogP contribution in [0.5, 0.6) is 0 Å². The Morgan fingerprint density at radius 1 is 1.35 bits per heavy atom. The van der Waals surface area contributed by atoms with E-state index in [-0.39, 0.29) is 16.2 Å². The largest absolute Gasteiger partial charge is 0.478 e. The maximum atomic E-state index is 12.3. The third-order valence-electron chi connectivity index (χ3n) is 2.75. The van der Waals surface area contributed by atoms with Crippen LogP contribution in [0.25, 0.3) is 0 Å². The predicted octanol–water partition coefficient (Wildman–Crippen LogP) is 3.49. The molecule has 0 radical (unpaired) electrons. The molecule has 0 saturated heterocycles. The van der Waals surface area contributed by atoms with Gasteiger partial charge < -0.3 is 5.11 Å². The van der Waals surface area contributed by atoms with Gasteiger partial charge in [-0.25, -0.2) is 13.2 Å². The fourth-order valence-electron chi connectivity index (χ4n) is 1.73. The summed E-state index contributed by atoms with van der Waals surface area (Å²) in [5.74, 6) is -1.26. The first-order valence-corrected chi connectivity index (χ1v) is 8.92. The van der Waals surface area contributed by atoms with E-state index >= 15 is 0 Å². The van der Waals surface area contributed by atoms with Crippen molar-refractivity contribution < 1.29 is 18.3 Å². The van der Waals surface area contributed by atoms with Gasteiger partial charge in [-0.15, -0.1) is 11.3 Å². The highest BCUT2D eigenvalue weighted by Gasteiger charge is 2.19. The molecule has 2 aromatic rings. The SMILES string of the molecule is Cc1ccc(S(=O)(=O)Cc2cc(Br)cs2)cc1C(=O)O. The highest BCUT2D eigenvalue weighted by molar-refractivity contribution is 9.10. The molecule has 0 aliphatic rings. The van der Waals surface area contributed by atoms with E-state index in [9.17, 15) is 13.2 Å². The minimum Gasteiger partial charge on any atom is -0.478 e. The number of benzene rings is 1. The van der Waals surface area contributed by atoms with E-state index in [1.54, 1.807) is 13.0 Å².